The lowest BCUT2D eigenvalue weighted by atomic mass is 10.0. The first-order valence-electron chi connectivity index (χ1n) is 8.60. The average Bonchev–Trinajstić information content (AvgIpc) is 3.24. The summed E-state index contributed by atoms with van der Waals surface area (Å²) in [5.74, 6) is 1.000. The number of aryl methyl sites for hydroxylation is 2. The molecule has 0 spiro atoms. The average molecular weight is 321 g/mol. The van der Waals surface area contributed by atoms with Gasteiger partial charge in [0.25, 0.3) is 0 Å². The molecule has 2 aliphatic heterocycles. The zero-order valence-corrected chi connectivity index (χ0v) is 14.4. The molecule has 0 bridgehead atoms. The van der Waals surface area contributed by atoms with Crippen LogP contribution in [-0.4, -0.2) is 47.0 Å². The lowest BCUT2D eigenvalue weighted by molar-refractivity contribution is -0.132. The van der Waals surface area contributed by atoms with Crippen molar-refractivity contribution in [2.24, 2.45) is 7.05 Å². The van der Waals surface area contributed by atoms with Crippen molar-refractivity contribution in [3.8, 4) is 5.88 Å². The molecular weight excluding hydrogens is 294 g/mol. The Bertz CT molecular complexity index is 564. The molecule has 2 fully saturated rings. The van der Waals surface area contributed by atoms with Crippen molar-refractivity contribution in [2.75, 3.05) is 20.3 Å². The Morgan fingerprint density at radius 3 is 2.91 bits per heavy atom. The Morgan fingerprint density at radius 1 is 1.39 bits per heavy atom. The third-order valence-corrected chi connectivity index (χ3v) is 5.02. The van der Waals surface area contributed by atoms with Gasteiger partial charge in [0.2, 0.25) is 11.8 Å². The van der Waals surface area contributed by atoms with Crippen LogP contribution in [0.4, 0.5) is 0 Å². The van der Waals surface area contributed by atoms with Crippen molar-refractivity contribution >= 4 is 5.91 Å². The monoisotopic (exact) mass is 321 g/mol. The molecule has 6 heteroatoms. The van der Waals surface area contributed by atoms with E-state index in [-0.39, 0.29) is 18.1 Å². The van der Waals surface area contributed by atoms with Crippen molar-refractivity contribution in [2.45, 2.75) is 57.6 Å². The van der Waals surface area contributed by atoms with Crippen LogP contribution in [0.1, 0.15) is 55.8 Å². The molecule has 3 heterocycles. The Labute approximate surface area is 137 Å². The molecule has 1 aromatic rings. The van der Waals surface area contributed by atoms with E-state index < -0.39 is 0 Å². The second kappa shape index (κ2) is 6.91. The maximum atomic E-state index is 12.7. The number of hydrogen-bond donors (Lipinski definition) is 0. The summed E-state index contributed by atoms with van der Waals surface area (Å²) in [4.78, 5) is 14.7. The van der Waals surface area contributed by atoms with Gasteiger partial charge in [-0.15, -0.1) is 0 Å². The van der Waals surface area contributed by atoms with Gasteiger partial charge in [0.05, 0.1) is 30.5 Å². The first-order chi connectivity index (χ1) is 11.1. The van der Waals surface area contributed by atoms with Crippen LogP contribution >= 0.6 is 0 Å². The Hall–Kier alpha value is -1.56. The van der Waals surface area contributed by atoms with E-state index in [1.54, 1.807) is 11.8 Å². The summed E-state index contributed by atoms with van der Waals surface area (Å²) < 4.78 is 12.9. The minimum atomic E-state index is 0.0932. The van der Waals surface area contributed by atoms with E-state index in [2.05, 4.69) is 5.10 Å². The molecule has 0 saturated carbocycles. The molecule has 128 valence electrons. The van der Waals surface area contributed by atoms with Gasteiger partial charge in [-0.2, -0.15) is 5.10 Å². The molecule has 6 nitrogen and oxygen atoms in total. The maximum absolute atomic E-state index is 12.7. The highest BCUT2D eigenvalue weighted by atomic mass is 16.5. The Morgan fingerprint density at radius 2 is 2.22 bits per heavy atom. The van der Waals surface area contributed by atoms with Crippen LogP contribution in [0.25, 0.3) is 0 Å². The van der Waals surface area contributed by atoms with Gasteiger partial charge < -0.3 is 14.4 Å². The van der Waals surface area contributed by atoms with Crippen LogP contribution in [0.5, 0.6) is 5.88 Å². The molecular formula is C17H27N3O3. The largest absolute Gasteiger partial charge is 0.481 e. The Balaban J connectivity index is 1.71. The van der Waals surface area contributed by atoms with Crippen LogP contribution in [-0.2, 0) is 16.6 Å². The van der Waals surface area contributed by atoms with E-state index in [4.69, 9.17) is 9.47 Å². The third-order valence-electron chi connectivity index (χ3n) is 5.02. The van der Waals surface area contributed by atoms with Gasteiger partial charge in [-0.3, -0.25) is 4.79 Å². The van der Waals surface area contributed by atoms with Gasteiger partial charge >= 0.3 is 0 Å². The number of carbonyl (C=O) groups is 1. The lowest BCUT2D eigenvalue weighted by Gasteiger charge is -2.26. The molecule has 23 heavy (non-hydrogen) atoms. The van der Waals surface area contributed by atoms with Gasteiger partial charge in [-0.25, -0.2) is 4.68 Å². The topological polar surface area (TPSA) is 56.6 Å². The first-order valence-corrected chi connectivity index (χ1v) is 8.60. The molecule has 1 aromatic heterocycles. The molecule has 2 atom stereocenters. The van der Waals surface area contributed by atoms with E-state index in [9.17, 15) is 4.79 Å². The van der Waals surface area contributed by atoms with Crippen LogP contribution in [0.2, 0.25) is 0 Å². The highest BCUT2D eigenvalue weighted by molar-refractivity contribution is 5.77. The number of amides is 1. The number of ether oxygens (including phenoxy) is 2. The number of nitrogens with zero attached hydrogens (tertiary/aromatic N) is 3. The summed E-state index contributed by atoms with van der Waals surface area (Å²) in [6, 6.07) is 0.0932. The van der Waals surface area contributed by atoms with Crippen molar-refractivity contribution in [3.05, 3.63) is 11.3 Å². The summed E-state index contributed by atoms with van der Waals surface area (Å²) in [7, 11) is 3.55. The number of likely N-dealkylation sites (tertiary alicyclic amines) is 1. The van der Waals surface area contributed by atoms with Crippen LogP contribution in [0.15, 0.2) is 0 Å². The summed E-state index contributed by atoms with van der Waals surface area (Å²) in [5.41, 5.74) is 2.02. The SMILES string of the molecule is COc1c(C2CCCN2C(=O)CCC2CCCO2)c(C)nn1C. The minimum Gasteiger partial charge on any atom is -0.481 e. The molecule has 0 N–H and O–H groups in total. The van der Waals surface area contributed by atoms with Gasteiger partial charge in [0, 0.05) is 26.6 Å². The molecule has 3 rings (SSSR count). The predicted molar refractivity (Wildman–Crippen MR) is 86.4 cm³/mol. The molecule has 2 unspecified atom stereocenters. The van der Waals surface area contributed by atoms with Crippen molar-refractivity contribution in [3.63, 3.8) is 0 Å². The minimum absolute atomic E-state index is 0.0932. The van der Waals surface area contributed by atoms with E-state index in [1.165, 1.54) is 0 Å². The smallest absolute Gasteiger partial charge is 0.223 e. The molecule has 2 aliphatic rings. The van der Waals surface area contributed by atoms with Gasteiger partial charge in [-0.1, -0.05) is 0 Å². The van der Waals surface area contributed by atoms with Crippen LogP contribution in [0, 0.1) is 6.92 Å². The fraction of sp³-hybridized carbons (Fsp3) is 0.765. The first kappa shape index (κ1) is 16.3. The number of rotatable bonds is 5. The summed E-state index contributed by atoms with van der Waals surface area (Å²) >= 11 is 0. The fourth-order valence-electron chi connectivity index (χ4n) is 3.94. The zero-order valence-electron chi connectivity index (χ0n) is 14.4. The van der Waals surface area contributed by atoms with Crippen LogP contribution in [0.3, 0.4) is 0 Å². The van der Waals surface area contributed by atoms with Crippen molar-refractivity contribution in [1.82, 2.24) is 14.7 Å². The molecule has 2 saturated heterocycles. The summed E-state index contributed by atoms with van der Waals surface area (Å²) in [6.45, 7) is 3.66. The second-order valence-electron chi connectivity index (χ2n) is 6.55. The van der Waals surface area contributed by atoms with Gasteiger partial charge in [0.15, 0.2) is 0 Å². The van der Waals surface area contributed by atoms with E-state index in [0.29, 0.717) is 6.42 Å². The molecule has 1 amide bonds. The van der Waals surface area contributed by atoms with E-state index in [1.807, 2.05) is 18.9 Å². The number of methoxy groups -OCH3 is 1. The van der Waals surface area contributed by atoms with Crippen molar-refractivity contribution < 1.29 is 14.3 Å². The van der Waals surface area contributed by atoms with E-state index >= 15 is 0 Å². The predicted octanol–water partition coefficient (Wildman–Crippen LogP) is 2.36. The number of hydrogen-bond acceptors (Lipinski definition) is 4. The highest BCUT2D eigenvalue weighted by Gasteiger charge is 2.35. The van der Waals surface area contributed by atoms with Crippen molar-refractivity contribution in [1.29, 1.82) is 0 Å². The number of aromatic nitrogens is 2. The van der Waals surface area contributed by atoms with E-state index in [0.717, 1.165) is 62.4 Å². The normalized spacial score (nSPS) is 24.4. The van der Waals surface area contributed by atoms with Gasteiger partial charge in [0.1, 0.15) is 0 Å². The Kier molecular flexibility index (Phi) is 4.90. The summed E-state index contributed by atoms with van der Waals surface area (Å²) in [6.07, 6.45) is 5.91. The highest BCUT2D eigenvalue weighted by Crippen LogP contribution is 2.39. The molecule has 0 aliphatic carbocycles. The standard InChI is InChI=1S/C17H27N3O3/c1-12-16(17(22-3)19(2)18-12)14-7-4-10-20(14)15(21)9-8-13-6-5-11-23-13/h13-14H,4-11H2,1-3H3. The maximum Gasteiger partial charge on any atom is 0.223 e. The lowest BCUT2D eigenvalue weighted by Crippen LogP contribution is -2.31. The molecule has 0 aromatic carbocycles. The quantitative estimate of drug-likeness (QED) is 0.835. The number of carbonyl (C=O) groups excluding carboxylic acids is 1. The zero-order chi connectivity index (χ0) is 16.4. The van der Waals surface area contributed by atoms with Crippen LogP contribution < -0.4 is 4.74 Å². The molecule has 0 radical (unpaired) electrons. The third kappa shape index (κ3) is 3.22. The fourth-order valence-corrected chi connectivity index (χ4v) is 3.94. The van der Waals surface area contributed by atoms with Gasteiger partial charge in [-0.05, 0) is 39.0 Å². The second-order valence-corrected chi connectivity index (χ2v) is 6.55. The summed E-state index contributed by atoms with van der Waals surface area (Å²) in [5, 5.41) is 4.46.